The zero-order valence-corrected chi connectivity index (χ0v) is 15.1. The van der Waals surface area contributed by atoms with Crippen molar-refractivity contribution < 1.29 is 17.9 Å². The van der Waals surface area contributed by atoms with Gasteiger partial charge in [0.2, 0.25) is 0 Å². The van der Waals surface area contributed by atoms with Crippen molar-refractivity contribution in [3.8, 4) is 0 Å². The van der Waals surface area contributed by atoms with Crippen molar-refractivity contribution in [1.82, 2.24) is 4.90 Å². The fourth-order valence-corrected chi connectivity index (χ4v) is 5.96. The van der Waals surface area contributed by atoms with Crippen LogP contribution in [0, 0.1) is 0 Å². The average molecular weight is 350 g/mol. The summed E-state index contributed by atoms with van der Waals surface area (Å²) in [4.78, 5) is 14.3. The van der Waals surface area contributed by atoms with Gasteiger partial charge in [-0.1, -0.05) is 26.2 Å². The molecule has 1 saturated carbocycles. The van der Waals surface area contributed by atoms with Crippen LogP contribution < -0.4 is 0 Å². The molecule has 0 bridgehead atoms. The third kappa shape index (κ3) is 4.61. The van der Waals surface area contributed by atoms with Gasteiger partial charge in [0.25, 0.3) is 5.91 Å². The fourth-order valence-electron chi connectivity index (χ4n) is 3.14. The third-order valence-electron chi connectivity index (χ3n) is 4.42. The van der Waals surface area contributed by atoms with Crippen LogP contribution in [0.5, 0.6) is 0 Å². The summed E-state index contributed by atoms with van der Waals surface area (Å²) in [6.45, 7) is 2.42. The summed E-state index contributed by atoms with van der Waals surface area (Å²) in [5, 5.41) is -0.706. The first-order valence-corrected chi connectivity index (χ1v) is 11.3. The van der Waals surface area contributed by atoms with Crippen LogP contribution in [0.2, 0.25) is 0 Å². The van der Waals surface area contributed by atoms with E-state index in [-0.39, 0.29) is 12.0 Å². The number of carbonyl (C=O) groups excluding carboxylic acids is 1. The van der Waals surface area contributed by atoms with Gasteiger partial charge in [0, 0.05) is 24.3 Å². The average Bonchev–Trinajstić information content (AvgIpc) is 2.52. The van der Waals surface area contributed by atoms with Gasteiger partial charge in [-0.2, -0.15) is 11.8 Å². The Morgan fingerprint density at radius 3 is 2.59 bits per heavy atom. The molecule has 5 nitrogen and oxygen atoms in total. The monoisotopic (exact) mass is 349 g/mol. The first kappa shape index (κ1) is 18.1. The van der Waals surface area contributed by atoms with Gasteiger partial charge in [-0.05, 0) is 19.3 Å². The molecule has 0 aromatic heterocycles. The highest BCUT2D eigenvalue weighted by Gasteiger charge is 2.37. The summed E-state index contributed by atoms with van der Waals surface area (Å²) >= 11 is 1.59. The number of ether oxygens (including phenoxy) is 1. The van der Waals surface area contributed by atoms with Crippen molar-refractivity contribution in [2.24, 2.45) is 0 Å². The second kappa shape index (κ2) is 8.02. The minimum atomic E-state index is -3.27. The lowest BCUT2D eigenvalue weighted by atomic mass is 9.97. The number of carbonyl (C=O) groups is 1. The summed E-state index contributed by atoms with van der Waals surface area (Å²) in [6, 6.07) is 0. The standard InChI is InChI=1S/C15H27NO4S2/c1-3-13(20-12-7-5-4-6-8-12)15(17)16-9-10-21-11-14(16)22(2,18)19/h12-14H,3-11H2,1-2H3/t13-,14+/m1/s1. The molecule has 1 heterocycles. The largest absolute Gasteiger partial charge is 0.365 e. The van der Waals surface area contributed by atoms with Gasteiger partial charge in [0.05, 0.1) is 6.10 Å². The van der Waals surface area contributed by atoms with E-state index in [4.69, 9.17) is 4.74 Å². The molecule has 1 saturated heterocycles. The molecule has 1 aliphatic heterocycles. The van der Waals surface area contributed by atoms with Crippen LogP contribution in [0.15, 0.2) is 0 Å². The van der Waals surface area contributed by atoms with Crippen LogP contribution in [0.25, 0.3) is 0 Å². The Morgan fingerprint density at radius 2 is 2.00 bits per heavy atom. The first-order chi connectivity index (χ1) is 10.4. The van der Waals surface area contributed by atoms with Gasteiger partial charge in [0.15, 0.2) is 9.84 Å². The van der Waals surface area contributed by atoms with Gasteiger partial charge in [-0.15, -0.1) is 0 Å². The molecule has 2 rings (SSSR count). The molecule has 1 aliphatic carbocycles. The summed E-state index contributed by atoms with van der Waals surface area (Å²) in [6.07, 6.45) is 7.02. The van der Waals surface area contributed by atoms with Crippen LogP contribution in [0.3, 0.4) is 0 Å². The van der Waals surface area contributed by atoms with Crippen molar-refractivity contribution in [3.63, 3.8) is 0 Å². The maximum Gasteiger partial charge on any atom is 0.252 e. The predicted octanol–water partition coefficient (Wildman–Crippen LogP) is 2.06. The summed E-state index contributed by atoms with van der Waals surface area (Å²) in [7, 11) is -3.27. The number of thioether (sulfide) groups is 1. The zero-order valence-electron chi connectivity index (χ0n) is 13.5. The molecule has 2 aliphatic rings. The molecule has 22 heavy (non-hydrogen) atoms. The minimum absolute atomic E-state index is 0.149. The van der Waals surface area contributed by atoms with Crippen molar-refractivity contribution >= 4 is 27.5 Å². The molecule has 128 valence electrons. The molecule has 0 aromatic rings. The second-order valence-corrected chi connectivity index (χ2v) is 9.54. The predicted molar refractivity (Wildman–Crippen MR) is 89.7 cm³/mol. The molecule has 1 amide bonds. The Labute approximate surface area is 138 Å². The SMILES string of the molecule is CC[C@@H](OC1CCCCC1)C(=O)N1CCSC[C@@H]1S(C)(=O)=O. The molecular formula is C15H27NO4S2. The Morgan fingerprint density at radius 1 is 1.32 bits per heavy atom. The lowest BCUT2D eigenvalue weighted by Crippen LogP contribution is -2.53. The smallest absolute Gasteiger partial charge is 0.252 e. The number of hydrogen-bond acceptors (Lipinski definition) is 5. The number of nitrogens with zero attached hydrogens (tertiary/aromatic N) is 1. The Hall–Kier alpha value is -0.270. The van der Waals surface area contributed by atoms with Gasteiger partial charge in [-0.25, -0.2) is 8.42 Å². The molecule has 0 unspecified atom stereocenters. The van der Waals surface area contributed by atoms with E-state index < -0.39 is 21.3 Å². The Balaban J connectivity index is 2.05. The number of amides is 1. The number of sulfone groups is 1. The molecule has 0 aromatic carbocycles. The van der Waals surface area contributed by atoms with Gasteiger partial charge >= 0.3 is 0 Å². The maximum absolute atomic E-state index is 12.8. The Bertz CT molecular complexity index is 474. The van der Waals surface area contributed by atoms with Crippen molar-refractivity contribution in [2.45, 2.75) is 63.0 Å². The highest BCUT2D eigenvalue weighted by atomic mass is 32.2. The van der Waals surface area contributed by atoms with E-state index in [0.717, 1.165) is 31.4 Å². The lowest BCUT2D eigenvalue weighted by molar-refractivity contribution is -0.149. The maximum atomic E-state index is 12.8. The van der Waals surface area contributed by atoms with Gasteiger partial charge in [0.1, 0.15) is 11.5 Å². The van der Waals surface area contributed by atoms with E-state index in [9.17, 15) is 13.2 Å². The first-order valence-electron chi connectivity index (χ1n) is 8.16. The van der Waals surface area contributed by atoms with E-state index in [1.54, 1.807) is 11.8 Å². The highest BCUT2D eigenvalue weighted by Crippen LogP contribution is 2.25. The topological polar surface area (TPSA) is 63.7 Å². The highest BCUT2D eigenvalue weighted by molar-refractivity contribution is 8.00. The Kier molecular flexibility index (Phi) is 6.58. The van der Waals surface area contributed by atoms with Crippen LogP contribution >= 0.6 is 11.8 Å². The van der Waals surface area contributed by atoms with Gasteiger partial charge in [-0.3, -0.25) is 4.79 Å². The molecule has 7 heteroatoms. The molecular weight excluding hydrogens is 322 g/mol. The van der Waals surface area contributed by atoms with E-state index in [2.05, 4.69) is 0 Å². The molecule has 0 radical (unpaired) electrons. The normalized spacial score (nSPS) is 25.9. The third-order valence-corrected chi connectivity index (χ3v) is 7.06. The second-order valence-electron chi connectivity index (χ2n) is 6.18. The van der Waals surface area contributed by atoms with Crippen LogP contribution in [-0.2, 0) is 19.4 Å². The van der Waals surface area contributed by atoms with Crippen LogP contribution in [-0.4, -0.2) is 61.1 Å². The summed E-state index contributed by atoms with van der Waals surface area (Å²) in [5.74, 6) is 1.10. The number of hydrogen-bond donors (Lipinski definition) is 0. The molecule has 0 spiro atoms. The lowest BCUT2D eigenvalue weighted by Gasteiger charge is -2.37. The summed E-state index contributed by atoms with van der Waals surface area (Å²) in [5.41, 5.74) is 0. The van der Waals surface area contributed by atoms with Crippen LogP contribution in [0.4, 0.5) is 0 Å². The van der Waals surface area contributed by atoms with Gasteiger partial charge < -0.3 is 9.64 Å². The molecule has 2 atom stereocenters. The molecule has 2 fully saturated rings. The van der Waals surface area contributed by atoms with E-state index in [1.807, 2.05) is 6.92 Å². The molecule has 0 N–H and O–H groups in total. The van der Waals surface area contributed by atoms with Crippen molar-refractivity contribution in [1.29, 1.82) is 0 Å². The minimum Gasteiger partial charge on any atom is -0.365 e. The van der Waals surface area contributed by atoms with Crippen molar-refractivity contribution in [2.75, 3.05) is 24.3 Å². The summed E-state index contributed by atoms with van der Waals surface area (Å²) < 4.78 is 29.9. The van der Waals surface area contributed by atoms with E-state index in [1.165, 1.54) is 17.6 Å². The quantitative estimate of drug-likeness (QED) is 0.760. The van der Waals surface area contributed by atoms with E-state index >= 15 is 0 Å². The van der Waals surface area contributed by atoms with Crippen LogP contribution in [0.1, 0.15) is 45.4 Å². The number of rotatable bonds is 5. The fraction of sp³-hybridized carbons (Fsp3) is 0.933. The van der Waals surface area contributed by atoms with Crippen molar-refractivity contribution in [3.05, 3.63) is 0 Å². The zero-order chi connectivity index (χ0) is 16.2. The van der Waals surface area contributed by atoms with E-state index in [0.29, 0.717) is 18.7 Å².